The SMILES string of the molecule is CC(S)c1cc(Cl)ccc1F. The third-order valence-corrected chi connectivity index (χ3v) is 1.92. The minimum Gasteiger partial charge on any atom is -0.207 e. The Morgan fingerprint density at radius 1 is 1.55 bits per heavy atom. The highest BCUT2D eigenvalue weighted by Crippen LogP contribution is 2.24. The Labute approximate surface area is 75.8 Å². The molecule has 0 aliphatic rings. The second kappa shape index (κ2) is 3.46. The first-order valence-corrected chi connectivity index (χ1v) is 4.13. The van der Waals surface area contributed by atoms with Gasteiger partial charge in [-0.15, -0.1) is 0 Å². The van der Waals surface area contributed by atoms with Crippen LogP contribution in [0.2, 0.25) is 5.02 Å². The Morgan fingerprint density at radius 2 is 2.18 bits per heavy atom. The maximum atomic E-state index is 12.9. The van der Waals surface area contributed by atoms with Gasteiger partial charge in [0.05, 0.1) is 0 Å². The Bertz CT molecular complexity index is 260. The summed E-state index contributed by atoms with van der Waals surface area (Å²) in [5.41, 5.74) is 0.542. The van der Waals surface area contributed by atoms with E-state index >= 15 is 0 Å². The van der Waals surface area contributed by atoms with Gasteiger partial charge in [-0.05, 0) is 25.1 Å². The van der Waals surface area contributed by atoms with Crippen molar-refractivity contribution in [2.24, 2.45) is 0 Å². The fraction of sp³-hybridized carbons (Fsp3) is 0.250. The molecule has 11 heavy (non-hydrogen) atoms. The van der Waals surface area contributed by atoms with Gasteiger partial charge in [-0.3, -0.25) is 0 Å². The number of benzene rings is 1. The first-order chi connectivity index (χ1) is 5.11. The fourth-order valence-corrected chi connectivity index (χ4v) is 1.21. The van der Waals surface area contributed by atoms with E-state index in [4.69, 9.17) is 11.6 Å². The lowest BCUT2D eigenvalue weighted by atomic mass is 10.1. The molecule has 0 aliphatic heterocycles. The van der Waals surface area contributed by atoms with Gasteiger partial charge in [0, 0.05) is 15.8 Å². The van der Waals surface area contributed by atoms with Crippen LogP contribution < -0.4 is 0 Å². The topological polar surface area (TPSA) is 0 Å². The van der Waals surface area contributed by atoms with Crippen molar-refractivity contribution in [3.63, 3.8) is 0 Å². The number of hydrogen-bond acceptors (Lipinski definition) is 1. The molecule has 0 aromatic heterocycles. The van der Waals surface area contributed by atoms with Crippen molar-refractivity contribution in [1.29, 1.82) is 0 Å². The zero-order chi connectivity index (χ0) is 8.43. The van der Waals surface area contributed by atoms with Crippen LogP contribution in [0.4, 0.5) is 4.39 Å². The predicted octanol–water partition coefficient (Wildman–Crippen LogP) is 3.47. The first-order valence-electron chi connectivity index (χ1n) is 3.24. The van der Waals surface area contributed by atoms with Gasteiger partial charge in [0.15, 0.2) is 0 Å². The molecular formula is C8H8ClFS. The molecule has 1 rings (SSSR count). The molecule has 0 radical (unpaired) electrons. The summed E-state index contributed by atoms with van der Waals surface area (Å²) < 4.78 is 12.9. The lowest BCUT2D eigenvalue weighted by Crippen LogP contribution is -1.89. The number of thiol groups is 1. The molecule has 3 heteroatoms. The summed E-state index contributed by atoms with van der Waals surface area (Å²) in [6, 6.07) is 4.47. The molecule has 0 saturated heterocycles. The standard InChI is InChI=1S/C8H8ClFS/c1-5(11)7-4-6(9)2-3-8(7)10/h2-5,11H,1H3. The average Bonchev–Trinajstić information content (AvgIpc) is 1.94. The molecule has 0 spiro atoms. The summed E-state index contributed by atoms with van der Waals surface area (Å²) in [7, 11) is 0. The van der Waals surface area contributed by atoms with Crippen molar-refractivity contribution < 1.29 is 4.39 Å². The van der Waals surface area contributed by atoms with E-state index in [9.17, 15) is 4.39 Å². The summed E-state index contributed by atoms with van der Waals surface area (Å²) in [6.45, 7) is 1.80. The molecule has 0 bridgehead atoms. The van der Waals surface area contributed by atoms with Gasteiger partial charge in [-0.2, -0.15) is 12.6 Å². The highest BCUT2D eigenvalue weighted by Gasteiger charge is 2.06. The van der Waals surface area contributed by atoms with Crippen molar-refractivity contribution in [2.75, 3.05) is 0 Å². The summed E-state index contributed by atoms with van der Waals surface area (Å²) in [5.74, 6) is -0.253. The Balaban J connectivity index is 3.13. The van der Waals surface area contributed by atoms with Crippen LogP contribution in [0.3, 0.4) is 0 Å². The molecule has 0 aliphatic carbocycles. The molecule has 60 valence electrons. The lowest BCUT2D eigenvalue weighted by Gasteiger charge is -2.05. The van der Waals surface area contributed by atoms with Crippen molar-refractivity contribution in [1.82, 2.24) is 0 Å². The average molecular weight is 191 g/mol. The summed E-state index contributed by atoms with van der Waals surface area (Å²) in [6.07, 6.45) is 0. The van der Waals surface area contributed by atoms with Crippen LogP contribution in [0, 0.1) is 5.82 Å². The normalized spacial score (nSPS) is 13.1. The maximum Gasteiger partial charge on any atom is 0.127 e. The largest absolute Gasteiger partial charge is 0.207 e. The van der Waals surface area contributed by atoms with E-state index in [0.29, 0.717) is 10.6 Å². The molecule has 0 N–H and O–H groups in total. The van der Waals surface area contributed by atoms with Crippen molar-refractivity contribution in [3.8, 4) is 0 Å². The first kappa shape index (κ1) is 8.88. The van der Waals surface area contributed by atoms with Gasteiger partial charge >= 0.3 is 0 Å². The molecular weight excluding hydrogens is 183 g/mol. The molecule has 0 fully saturated rings. The van der Waals surface area contributed by atoms with Gasteiger partial charge in [-0.25, -0.2) is 4.39 Å². The quantitative estimate of drug-likeness (QED) is 0.645. The Kier molecular flexibility index (Phi) is 2.79. The van der Waals surface area contributed by atoms with Crippen molar-refractivity contribution in [3.05, 3.63) is 34.6 Å². The molecule has 1 atom stereocenters. The van der Waals surface area contributed by atoms with Crippen LogP contribution in [0.1, 0.15) is 17.7 Å². The van der Waals surface area contributed by atoms with E-state index in [2.05, 4.69) is 12.6 Å². The van der Waals surface area contributed by atoms with E-state index in [1.54, 1.807) is 13.0 Å². The van der Waals surface area contributed by atoms with E-state index < -0.39 is 0 Å². The van der Waals surface area contributed by atoms with Gasteiger partial charge in [0.1, 0.15) is 5.82 Å². The maximum absolute atomic E-state index is 12.9. The molecule has 1 aromatic carbocycles. The van der Waals surface area contributed by atoms with E-state index in [-0.39, 0.29) is 11.1 Å². The molecule has 0 saturated carbocycles. The minimum absolute atomic E-state index is 0.117. The zero-order valence-electron chi connectivity index (χ0n) is 6.01. The molecule has 1 aromatic rings. The lowest BCUT2D eigenvalue weighted by molar-refractivity contribution is 0.611. The summed E-state index contributed by atoms with van der Waals surface area (Å²) in [4.78, 5) is 0. The second-order valence-corrected chi connectivity index (χ2v) is 3.55. The Hall–Kier alpha value is -0.210. The summed E-state index contributed by atoms with van der Waals surface area (Å²) in [5, 5.41) is 0.427. The smallest absolute Gasteiger partial charge is 0.127 e. The van der Waals surface area contributed by atoms with E-state index in [1.807, 2.05) is 0 Å². The predicted molar refractivity (Wildman–Crippen MR) is 48.8 cm³/mol. The van der Waals surface area contributed by atoms with Crippen LogP contribution in [0.15, 0.2) is 18.2 Å². The van der Waals surface area contributed by atoms with Crippen molar-refractivity contribution >= 4 is 24.2 Å². The molecule has 0 nitrogen and oxygen atoms in total. The summed E-state index contributed by atoms with van der Waals surface area (Å²) >= 11 is 9.77. The third kappa shape index (κ3) is 2.11. The zero-order valence-corrected chi connectivity index (χ0v) is 7.66. The molecule has 0 heterocycles. The number of rotatable bonds is 1. The second-order valence-electron chi connectivity index (χ2n) is 2.34. The van der Waals surface area contributed by atoms with Gasteiger partial charge in [0.25, 0.3) is 0 Å². The van der Waals surface area contributed by atoms with Crippen LogP contribution in [0.25, 0.3) is 0 Å². The van der Waals surface area contributed by atoms with Crippen molar-refractivity contribution in [2.45, 2.75) is 12.2 Å². The van der Waals surface area contributed by atoms with E-state index in [1.165, 1.54) is 12.1 Å². The monoisotopic (exact) mass is 190 g/mol. The molecule has 1 unspecified atom stereocenters. The number of halogens is 2. The van der Waals surface area contributed by atoms with Crippen LogP contribution in [0.5, 0.6) is 0 Å². The molecule has 0 amide bonds. The number of hydrogen-bond donors (Lipinski definition) is 1. The van der Waals surface area contributed by atoms with Crippen LogP contribution >= 0.6 is 24.2 Å². The van der Waals surface area contributed by atoms with E-state index in [0.717, 1.165) is 0 Å². The van der Waals surface area contributed by atoms with Gasteiger partial charge in [-0.1, -0.05) is 11.6 Å². The Morgan fingerprint density at radius 3 is 2.64 bits per heavy atom. The van der Waals surface area contributed by atoms with Crippen LogP contribution in [-0.4, -0.2) is 0 Å². The highest BCUT2D eigenvalue weighted by atomic mass is 35.5. The van der Waals surface area contributed by atoms with Gasteiger partial charge < -0.3 is 0 Å². The minimum atomic E-state index is -0.253. The third-order valence-electron chi connectivity index (χ3n) is 1.41. The fourth-order valence-electron chi connectivity index (χ4n) is 0.835. The van der Waals surface area contributed by atoms with Gasteiger partial charge in [0.2, 0.25) is 0 Å². The highest BCUT2D eigenvalue weighted by molar-refractivity contribution is 7.80. The van der Waals surface area contributed by atoms with Crippen LogP contribution in [-0.2, 0) is 0 Å².